The Morgan fingerprint density at radius 1 is 1.20 bits per heavy atom. The molecule has 0 aliphatic rings. The van der Waals surface area contributed by atoms with Gasteiger partial charge in [-0.05, 0) is 19.9 Å². The van der Waals surface area contributed by atoms with Crippen molar-refractivity contribution in [1.82, 2.24) is 0 Å². The molecule has 1 aromatic carbocycles. The number of ether oxygens (including phenoxy) is 2. The summed E-state index contributed by atoms with van der Waals surface area (Å²) >= 11 is 0. The topological polar surface area (TPSA) is 58.9 Å². The molecule has 0 aliphatic carbocycles. The first-order valence-electron chi connectivity index (χ1n) is 4.65. The van der Waals surface area contributed by atoms with Crippen LogP contribution in [0.1, 0.15) is 24.2 Å². The van der Waals surface area contributed by atoms with Gasteiger partial charge in [0.2, 0.25) is 0 Å². The Bertz CT molecular complexity index is 358. The van der Waals surface area contributed by atoms with E-state index < -0.39 is 6.10 Å². The molecule has 1 unspecified atom stereocenters. The fraction of sp³-hybridized carbons (Fsp3) is 0.455. The summed E-state index contributed by atoms with van der Waals surface area (Å²) in [5.41, 5.74) is 1.11. The number of benzene rings is 1. The van der Waals surface area contributed by atoms with Crippen molar-refractivity contribution in [3.05, 3.63) is 17.2 Å². The van der Waals surface area contributed by atoms with Gasteiger partial charge in [0, 0.05) is 11.1 Å². The predicted octanol–water partition coefficient (Wildman–Crippen LogP) is 1.77. The van der Waals surface area contributed by atoms with E-state index in [1.165, 1.54) is 20.3 Å². The molecule has 0 spiro atoms. The quantitative estimate of drug-likeness (QED) is 0.801. The second-order valence-corrected chi connectivity index (χ2v) is 3.35. The third-order valence-electron chi connectivity index (χ3n) is 2.34. The van der Waals surface area contributed by atoms with Gasteiger partial charge in [-0.1, -0.05) is 0 Å². The first-order valence-corrected chi connectivity index (χ1v) is 4.65. The van der Waals surface area contributed by atoms with Crippen molar-refractivity contribution in [2.75, 3.05) is 14.2 Å². The number of aliphatic hydroxyl groups is 1. The van der Waals surface area contributed by atoms with Crippen LogP contribution in [0.15, 0.2) is 6.07 Å². The van der Waals surface area contributed by atoms with Crippen LogP contribution in [0.5, 0.6) is 17.2 Å². The molecule has 1 aromatic rings. The number of rotatable bonds is 3. The summed E-state index contributed by atoms with van der Waals surface area (Å²) in [5, 5.41) is 19.2. The number of phenolic OH excluding ortho intramolecular Hbond substituents is 1. The first-order chi connectivity index (χ1) is 7.02. The lowest BCUT2D eigenvalue weighted by molar-refractivity contribution is 0.192. The van der Waals surface area contributed by atoms with Crippen LogP contribution in [0.2, 0.25) is 0 Å². The molecule has 0 fully saturated rings. The number of hydrogen-bond donors (Lipinski definition) is 2. The molecule has 0 radical (unpaired) electrons. The average Bonchev–Trinajstić information content (AvgIpc) is 2.20. The standard InChI is InChI=1S/C11H16O4/c1-6-9(13)5-8(7(2)12)11(15-4)10(6)14-3/h5,7,12-13H,1-4H3. The third-order valence-corrected chi connectivity index (χ3v) is 2.34. The Morgan fingerprint density at radius 2 is 1.73 bits per heavy atom. The highest BCUT2D eigenvalue weighted by atomic mass is 16.5. The van der Waals surface area contributed by atoms with Gasteiger partial charge in [0.1, 0.15) is 5.75 Å². The number of aliphatic hydroxyl groups excluding tert-OH is 1. The van der Waals surface area contributed by atoms with E-state index in [0.29, 0.717) is 22.6 Å². The van der Waals surface area contributed by atoms with Crippen LogP contribution in [0.3, 0.4) is 0 Å². The lowest BCUT2D eigenvalue weighted by atomic mass is 10.0. The predicted molar refractivity (Wildman–Crippen MR) is 56.6 cm³/mol. The zero-order valence-electron chi connectivity index (χ0n) is 9.37. The largest absolute Gasteiger partial charge is 0.508 e. The molecule has 15 heavy (non-hydrogen) atoms. The summed E-state index contributed by atoms with van der Waals surface area (Å²) in [5.74, 6) is 1.000. The summed E-state index contributed by atoms with van der Waals surface area (Å²) in [6, 6.07) is 1.49. The number of hydrogen-bond acceptors (Lipinski definition) is 4. The van der Waals surface area contributed by atoms with Crippen molar-refractivity contribution >= 4 is 0 Å². The summed E-state index contributed by atoms with van der Waals surface area (Å²) < 4.78 is 10.3. The Balaban J connectivity index is 3.47. The highest BCUT2D eigenvalue weighted by Gasteiger charge is 2.19. The van der Waals surface area contributed by atoms with E-state index in [4.69, 9.17) is 9.47 Å². The molecule has 0 saturated carbocycles. The van der Waals surface area contributed by atoms with Crippen LogP contribution < -0.4 is 9.47 Å². The second kappa shape index (κ2) is 4.40. The van der Waals surface area contributed by atoms with Crippen LogP contribution in [-0.2, 0) is 0 Å². The minimum atomic E-state index is -0.722. The number of methoxy groups -OCH3 is 2. The van der Waals surface area contributed by atoms with E-state index in [0.717, 1.165) is 0 Å². The molecule has 0 aliphatic heterocycles. The lowest BCUT2D eigenvalue weighted by Crippen LogP contribution is -2.01. The van der Waals surface area contributed by atoms with Gasteiger partial charge in [0.15, 0.2) is 11.5 Å². The monoisotopic (exact) mass is 212 g/mol. The summed E-state index contributed by atoms with van der Waals surface area (Å²) in [7, 11) is 3.00. The van der Waals surface area contributed by atoms with Crippen LogP contribution >= 0.6 is 0 Å². The zero-order valence-corrected chi connectivity index (χ0v) is 9.37. The molecule has 0 heterocycles. The normalized spacial score (nSPS) is 12.3. The summed E-state index contributed by atoms with van der Waals surface area (Å²) in [4.78, 5) is 0. The van der Waals surface area contributed by atoms with E-state index >= 15 is 0 Å². The average molecular weight is 212 g/mol. The van der Waals surface area contributed by atoms with Gasteiger partial charge >= 0.3 is 0 Å². The van der Waals surface area contributed by atoms with E-state index in [9.17, 15) is 10.2 Å². The van der Waals surface area contributed by atoms with Crippen LogP contribution in [0.25, 0.3) is 0 Å². The molecular formula is C11H16O4. The zero-order chi connectivity index (χ0) is 11.6. The van der Waals surface area contributed by atoms with Crippen molar-refractivity contribution in [2.45, 2.75) is 20.0 Å². The SMILES string of the molecule is COc1c(C(C)O)cc(O)c(C)c1OC. The minimum absolute atomic E-state index is 0.0866. The molecule has 1 rings (SSSR count). The summed E-state index contributed by atoms with van der Waals surface area (Å²) in [6.45, 7) is 3.33. The molecule has 0 bridgehead atoms. The molecule has 0 saturated heterocycles. The maximum atomic E-state index is 9.63. The molecular weight excluding hydrogens is 196 g/mol. The van der Waals surface area contributed by atoms with Crippen LogP contribution in [-0.4, -0.2) is 24.4 Å². The van der Waals surface area contributed by atoms with Gasteiger partial charge in [-0.15, -0.1) is 0 Å². The van der Waals surface area contributed by atoms with Crippen molar-refractivity contribution in [3.63, 3.8) is 0 Å². The summed E-state index contributed by atoms with van der Waals surface area (Å²) in [6.07, 6.45) is -0.722. The molecule has 0 amide bonds. The molecule has 1 atom stereocenters. The Hall–Kier alpha value is -1.42. The lowest BCUT2D eigenvalue weighted by Gasteiger charge is -2.17. The highest BCUT2D eigenvalue weighted by molar-refractivity contribution is 5.57. The van der Waals surface area contributed by atoms with Crippen LogP contribution in [0.4, 0.5) is 0 Å². The van der Waals surface area contributed by atoms with E-state index in [2.05, 4.69) is 0 Å². The minimum Gasteiger partial charge on any atom is -0.508 e. The van der Waals surface area contributed by atoms with Gasteiger partial charge in [-0.2, -0.15) is 0 Å². The maximum Gasteiger partial charge on any atom is 0.167 e. The van der Waals surface area contributed by atoms with Crippen molar-refractivity contribution in [1.29, 1.82) is 0 Å². The molecule has 84 valence electrons. The highest BCUT2D eigenvalue weighted by Crippen LogP contribution is 2.41. The van der Waals surface area contributed by atoms with Gasteiger partial charge < -0.3 is 19.7 Å². The number of aromatic hydroxyl groups is 1. The van der Waals surface area contributed by atoms with E-state index in [-0.39, 0.29) is 5.75 Å². The van der Waals surface area contributed by atoms with Gasteiger partial charge in [0.25, 0.3) is 0 Å². The maximum absolute atomic E-state index is 9.63. The van der Waals surface area contributed by atoms with E-state index in [1.807, 2.05) is 0 Å². The molecule has 0 aromatic heterocycles. The van der Waals surface area contributed by atoms with Crippen molar-refractivity contribution in [2.24, 2.45) is 0 Å². The van der Waals surface area contributed by atoms with Crippen LogP contribution in [0, 0.1) is 6.92 Å². The van der Waals surface area contributed by atoms with Gasteiger partial charge in [-0.25, -0.2) is 0 Å². The Morgan fingerprint density at radius 3 is 2.13 bits per heavy atom. The van der Waals surface area contributed by atoms with Gasteiger partial charge in [-0.3, -0.25) is 0 Å². The second-order valence-electron chi connectivity index (χ2n) is 3.35. The first kappa shape index (κ1) is 11.7. The fourth-order valence-electron chi connectivity index (χ4n) is 1.51. The Labute approximate surface area is 89.1 Å². The van der Waals surface area contributed by atoms with Crippen molar-refractivity contribution in [3.8, 4) is 17.2 Å². The van der Waals surface area contributed by atoms with Gasteiger partial charge in [0.05, 0.1) is 20.3 Å². The Kier molecular flexibility index (Phi) is 3.42. The van der Waals surface area contributed by atoms with Crippen molar-refractivity contribution < 1.29 is 19.7 Å². The van der Waals surface area contributed by atoms with E-state index in [1.54, 1.807) is 13.8 Å². The molecule has 2 N–H and O–H groups in total. The third kappa shape index (κ3) is 1.99. The fourth-order valence-corrected chi connectivity index (χ4v) is 1.51. The smallest absolute Gasteiger partial charge is 0.167 e. The molecule has 4 heteroatoms. The molecule has 4 nitrogen and oxygen atoms in total. The number of phenols is 1.